The Kier molecular flexibility index (Phi) is 6.36. The SMILES string of the molecule is CCCNC(=O)NC(=O)CSc1nnc(-c2cccc(C)c2)n1C. The van der Waals surface area contributed by atoms with Gasteiger partial charge in [0, 0.05) is 19.2 Å². The Morgan fingerprint density at radius 2 is 2.08 bits per heavy atom. The highest BCUT2D eigenvalue weighted by molar-refractivity contribution is 7.99. The number of carbonyl (C=O) groups is 2. The molecule has 0 bridgehead atoms. The van der Waals surface area contributed by atoms with Gasteiger partial charge in [-0.1, -0.05) is 42.4 Å². The number of aromatic nitrogens is 3. The van der Waals surface area contributed by atoms with E-state index in [2.05, 4.69) is 20.8 Å². The van der Waals surface area contributed by atoms with Gasteiger partial charge in [-0.3, -0.25) is 10.1 Å². The molecule has 2 aromatic rings. The molecule has 3 amide bonds. The van der Waals surface area contributed by atoms with E-state index in [0.717, 1.165) is 23.4 Å². The van der Waals surface area contributed by atoms with Crippen molar-refractivity contribution < 1.29 is 9.59 Å². The second-order valence-corrected chi connectivity index (χ2v) is 6.27. The number of nitrogens with zero attached hydrogens (tertiary/aromatic N) is 3. The Balaban J connectivity index is 1.95. The van der Waals surface area contributed by atoms with Crippen molar-refractivity contribution in [2.45, 2.75) is 25.4 Å². The molecule has 1 aromatic carbocycles. The predicted octanol–water partition coefficient (Wildman–Crippen LogP) is 2.12. The highest BCUT2D eigenvalue weighted by atomic mass is 32.2. The van der Waals surface area contributed by atoms with Crippen molar-refractivity contribution in [2.75, 3.05) is 12.3 Å². The number of nitrogens with one attached hydrogen (secondary N) is 2. The Bertz CT molecular complexity index is 729. The highest BCUT2D eigenvalue weighted by Crippen LogP contribution is 2.23. The van der Waals surface area contributed by atoms with E-state index in [-0.39, 0.29) is 11.7 Å². The zero-order valence-electron chi connectivity index (χ0n) is 14.0. The Morgan fingerprint density at radius 1 is 1.29 bits per heavy atom. The summed E-state index contributed by atoms with van der Waals surface area (Å²) >= 11 is 1.24. The average Bonchev–Trinajstić information content (AvgIpc) is 2.92. The zero-order valence-corrected chi connectivity index (χ0v) is 14.8. The van der Waals surface area contributed by atoms with Crippen molar-refractivity contribution in [1.29, 1.82) is 0 Å². The van der Waals surface area contributed by atoms with Gasteiger partial charge in [-0.2, -0.15) is 0 Å². The molecule has 2 N–H and O–H groups in total. The van der Waals surface area contributed by atoms with Crippen LogP contribution in [0.1, 0.15) is 18.9 Å². The van der Waals surface area contributed by atoms with Crippen LogP contribution in [0.2, 0.25) is 0 Å². The van der Waals surface area contributed by atoms with Gasteiger partial charge in [0.25, 0.3) is 0 Å². The molecule has 8 heteroatoms. The van der Waals surface area contributed by atoms with Crippen LogP contribution in [0.25, 0.3) is 11.4 Å². The molecule has 0 unspecified atom stereocenters. The van der Waals surface area contributed by atoms with Crippen molar-refractivity contribution in [2.24, 2.45) is 7.05 Å². The molecule has 0 spiro atoms. The molecule has 0 radical (unpaired) electrons. The van der Waals surface area contributed by atoms with Crippen LogP contribution in [0.5, 0.6) is 0 Å². The van der Waals surface area contributed by atoms with Gasteiger partial charge in [-0.15, -0.1) is 10.2 Å². The van der Waals surface area contributed by atoms with Crippen molar-refractivity contribution in [3.8, 4) is 11.4 Å². The second-order valence-electron chi connectivity index (χ2n) is 5.33. The van der Waals surface area contributed by atoms with E-state index in [1.54, 1.807) is 0 Å². The molecular formula is C16H21N5O2S. The fourth-order valence-corrected chi connectivity index (χ4v) is 2.76. The van der Waals surface area contributed by atoms with Crippen LogP contribution >= 0.6 is 11.8 Å². The normalized spacial score (nSPS) is 10.5. The van der Waals surface area contributed by atoms with Crippen LogP contribution in [-0.2, 0) is 11.8 Å². The Hall–Kier alpha value is -2.35. The highest BCUT2D eigenvalue weighted by Gasteiger charge is 2.14. The lowest BCUT2D eigenvalue weighted by molar-refractivity contribution is -0.117. The van der Waals surface area contributed by atoms with E-state index < -0.39 is 6.03 Å². The van der Waals surface area contributed by atoms with E-state index in [0.29, 0.717) is 11.7 Å². The van der Waals surface area contributed by atoms with E-state index >= 15 is 0 Å². The molecule has 7 nitrogen and oxygen atoms in total. The molecule has 0 aliphatic rings. The minimum absolute atomic E-state index is 0.0966. The first kappa shape index (κ1) is 18.0. The molecule has 24 heavy (non-hydrogen) atoms. The summed E-state index contributed by atoms with van der Waals surface area (Å²) in [7, 11) is 1.85. The number of hydrogen-bond donors (Lipinski definition) is 2. The van der Waals surface area contributed by atoms with Gasteiger partial charge in [0.2, 0.25) is 5.91 Å². The lowest BCUT2D eigenvalue weighted by atomic mass is 10.1. The van der Waals surface area contributed by atoms with Crippen molar-refractivity contribution in [1.82, 2.24) is 25.4 Å². The lowest BCUT2D eigenvalue weighted by Crippen LogP contribution is -2.40. The number of amides is 3. The number of thioether (sulfide) groups is 1. The molecule has 0 aliphatic carbocycles. The molecule has 1 aromatic heterocycles. The van der Waals surface area contributed by atoms with Crippen LogP contribution in [0.4, 0.5) is 4.79 Å². The maximum absolute atomic E-state index is 11.8. The summed E-state index contributed by atoms with van der Waals surface area (Å²) in [5.41, 5.74) is 2.11. The quantitative estimate of drug-likeness (QED) is 0.781. The monoisotopic (exact) mass is 347 g/mol. The van der Waals surface area contributed by atoms with Gasteiger partial charge in [0.1, 0.15) is 0 Å². The largest absolute Gasteiger partial charge is 0.338 e. The Labute approximate surface area is 145 Å². The van der Waals surface area contributed by atoms with E-state index in [9.17, 15) is 9.59 Å². The fraction of sp³-hybridized carbons (Fsp3) is 0.375. The number of carbonyl (C=O) groups excluding carboxylic acids is 2. The number of aryl methyl sites for hydroxylation is 1. The maximum atomic E-state index is 11.8. The first-order valence-electron chi connectivity index (χ1n) is 7.68. The summed E-state index contributed by atoms with van der Waals surface area (Å²) in [6.45, 7) is 4.50. The smallest absolute Gasteiger partial charge is 0.321 e. The third kappa shape index (κ3) is 4.82. The molecule has 0 fully saturated rings. The summed E-state index contributed by atoms with van der Waals surface area (Å²) in [6.07, 6.45) is 0.817. The Morgan fingerprint density at radius 3 is 2.79 bits per heavy atom. The van der Waals surface area contributed by atoms with Crippen molar-refractivity contribution in [3.63, 3.8) is 0 Å². The van der Waals surface area contributed by atoms with Crippen LogP contribution < -0.4 is 10.6 Å². The van der Waals surface area contributed by atoms with E-state index in [1.165, 1.54) is 11.8 Å². The van der Waals surface area contributed by atoms with Crippen molar-refractivity contribution >= 4 is 23.7 Å². The summed E-state index contributed by atoms with van der Waals surface area (Å²) < 4.78 is 1.84. The zero-order chi connectivity index (χ0) is 17.5. The number of hydrogen-bond acceptors (Lipinski definition) is 5. The lowest BCUT2D eigenvalue weighted by Gasteiger charge is -2.06. The second kappa shape index (κ2) is 8.49. The van der Waals surface area contributed by atoms with Gasteiger partial charge in [0.15, 0.2) is 11.0 Å². The first-order valence-corrected chi connectivity index (χ1v) is 8.66. The number of benzene rings is 1. The van der Waals surface area contributed by atoms with Gasteiger partial charge in [0.05, 0.1) is 5.75 Å². The van der Waals surface area contributed by atoms with Gasteiger partial charge in [-0.05, 0) is 19.4 Å². The van der Waals surface area contributed by atoms with Crippen LogP contribution in [-0.4, -0.2) is 39.0 Å². The molecule has 0 saturated carbocycles. The fourth-order valence-electron chi connectivity index (χ4n) is 2.05. The summed E-state index contributed by atoms with van der Waals surface area (Å²) in [6, 6.07) is 7.51. The van der Waals surface area contributed by atoms with Crippen LogP contribution in [0, 0.1) is 6.92 Å². The maximum Gasteiger partial charge on any atom is 0.321 e. The van der Waals surface area contributed by atoms with Gasteiger partial charge < -0.3 is 9.88 Å². The molecule has 128 valence electrons. The molecule has 0 aliphatic heterocycles. The third-order valence-electron chi connectivity index (χ3n) is 3.23. The molecular weight excluding hydrogens is 326 g/mol. The van der Waals surface area contributed by atoms with Gasteiger partial charge >= 0.3 is 6.03 Å². The molecule has 0 atom stereocenters. The standard InChI is InChI=1S/C16H21N5O2S/c1-4-8-17-15(23)18-13(22)10-24-16-20-19-14(21(16)3)12-7-5-6-11(2)9-12/h5-7,9H,4,8,10H2,1-3H3,(H2,17,18,22,23). The molecule has 2 rings (SSSR count). The minimum Gasteiger partial charge on any atom is -0.338 e. The van der Waals surface area contributed by atoms with Crippen LogP contribution in [0.3, 0.4) is 0 Å². The first-order chi connectivity index (χ1) is 11.5. The molecule has 0 saturated heterocycles. The summed E-state index contributed by atoms with van der Waals surface area (Å²) in [5.74, 6) is 0.468. The number of imide groups is 1. The van der Waals surface area contributed by atoms with E-state index in [4.69, 9.17) is 0 Å². The average molecular weight is 347 g/mol. The van der Waals surface area contributed by atoms with Crippen molar-refractivity contribution in [3.05, 3.63) is 29.8 Å². The topological polar surface area (TPSA) is 88.9 Å². The van der Waals surface area contributed by atoms with Crippen LogP contribution in [0.15, 0.2) is 29.4 Å². The number of rotatable bonds is 6. The molecule has 1 heterocycles. The van der Waals surface area contributed by atoms with E-state index in [1.807, 2.05) is 49.7 Å². The summed E-state index contributed by atoms with van der Waals surface area (Å²) in [5, 5.41) is 13.8. The third-order valence-corrected chi connectivity index (χ3v) is 4.25. The summed E-state index contributed by atoms with van der Waals surface area (Å²) in [4.78, 5) is 23.2. The predicted molar refractivity (Wildman–Crippen MR) is 93.7 cm³/mol. The number of urea groups is 1. The minimum atomic E-state index is -0.471. The van der Waals surface area contributed by atoms with Gasteiger partial charge in [-0.25, -0.2) is 4.79 Å².